The van der Waals surface area contributed by atoms with Crippen LogP contribution in [0.3, 0.4) is 0 Å². The molecule has 0 bridgehead atoms. The van der Waals surface area contributed by atoms with Gasteiger partial charge in [0.15, 0.2) is 0 Å². The second-order valence-corrected chi connectivity index (χ2v) is 3.09. The molecule has 4 heteroatoms. The molecule has 11 heavy (non-hydrogen) atoms. The fourth-order valence-electron chi connectivity index (χ4n) is 1.12. The normalized spacial score (nSPS) is 29.8. The van der Waals surface area contributed by atoms with Crippen LogP contribution in [-0.2, 0) is 0 Å². The molecule has 62 valence electrons. The average Bonchev–Trinajstić information content (AvgIpc) is 2.61. The van der Waals surface area contributed by atoms with Gasteiger partial charge in [0.2, 0.25) is 5.96 Å². The van der Waals surface area contributed by atoms with Crippen LogP contribution in [0.2, 0.25) is 0 Å². The van der Waals surface area contributed by atoms with E-state index in [0.29, 0.717) is 5.92 Å². The van der Waals surface area contributed by atoms with E-state index in [1.54, 1.807) is 0 Å². The molecule has 2 atom stereocenters. The zero-order valence-electron chi connectivity index (χ0n) is 6.91. The molecule has 1 rings (SSSR count). The van der Waals surface area contributed by atoms with Gasteiger partial charge in [0.05, 0.1) is 0 Å². The average molecular weight is 154 g/mol. The summed E-state index contributed by atoms with van der Waals surface area (Å²) < 4.78 is 0. The SMILES string of the molecule is C/C(=N\N=C(N)N)C1CC1C. The molecule has 0 amide bonds. The molecule has 4 N–H and O–H groups in total. The first-order valence-corrected chi connectivity index (χ1v) is 3.74. The minimum Gasteiger partial charge on any atom is -0.369 e. The van der Waals surface area contributed by atoms with Gasteiger partial charge in [0, 0.05) is 11.6 Å². The molecule has 0 radical (unpaired) electrons. The van der Waals surface area contributed by atoms with Crippen LogP contribution in [0.4, 0.5) is 0 Å². The van der Waals surface area contributed by atoms with E-state index < -0.39 is 0 Å². The number of guanidine groups is 1. The lowest BCUT2D eigenvalue weighted by molar-refractivity contribution is 0.916. The van der Waals surface area contributed by atoms with Crippen LogP contribution in [0.5, 0.6) is 0 Å². The molecule has 0 spiro atoms. The first-order valence-electron chi connectivity index (χ1n) is 3.74. The highest BCUT2D eigenvalue weighted by Gasteiger charge is 2.34. The maximum atomic E-state index is 5.12. The quantitative estimate of drug-likeness (QED) is 0.341. The molecule has 1 fully saturated rings. The van der Waals surface area contributed by atoms with Crippen LogP contribution >= 0.6 is 0 Å². The Morgan fingerprint density at radius 3 is 2.27 bits per heavy atom. The molecule has 0 aromatic carbocycles. The predicted octanol–water partition coefficient (Wildman–Crippen LogP) is 0.292. The van der Waals surface area contributed by atoms with Gasteiger partial charge in [-0.3, -0.25) is 0 Å². The first kappa shape index (κ1) is 8.04. The maximum absolute atomic E-state index is 5.12. The van der Waals surface area contributed by atoms with Crippen molar-refractivity contribution < 1.29 is 0 Å². The van der Waals surface area contributed by atoms with Crippen LogP contribution in [0.1, 0.15) is 20.3 Å². The lowest BCUT2D eigenvalue weighted by atomic mass is 10.2. The number of nitrogens with two attached hydrogens (primary N) is 2. The molecule has 2 unspecified atom stereocenters. The fourth-order valence-corrected chi connectivity index (χ4v) is 1.12. The van der Waals surface area contributed by atoms with Crippen LogP contribution in [-0.4, -0.2) is 11.7 Å². The lowest BCUT2D eigenvalue weighted by Gasteiger charge is -1.92. The largest absolute Gasteiger partial charge is 0.369 e. The topological polar surface area (TPSA) is 76.8 Å². The Hall–Kier alpha value is -1.06. The van der Waals surface area contributed by atoms with Gasteiger partial charge in [-0.25, -0.2) is 0 Å². The molecule has 0 aliphatic heterocycles. The molecule has 0 aromatic heterocycles. The first-order chi connectivity index (χ1) is 5.11. The smallest absolute Gasteiger partial charge is 0.211 e. The van der Waals surface area contributed by atoms with Crippen molar-refractivity contribution in [3.63, 3.8) is 0 Å². The molecule has 0 heterocycles. The summed E-state index contributed by atoms with van der Waals surface area (Å²) in [6.07, 6.45) is 1.22. The van der Waals surface area contributed by atoms with Crippen molar-refractivity contribution in [1.82, 2.24) is 0 Å². The Kier molecular flexibility index (Phi) is 2.12. The van der Waals surface area contributed by atoms with Gasteiger partial charge in [-0.1, -0.05) is 6.92 Å². The van der Waals surface area contributed by atoms with Crippen molar-refractivity contribution in [2.75, 3.05) is 0 Å². The molecular formula is C7H14N4. The van der Waals surface area contributed by atoms with E-state index in [9.17, 15) is 0 Å². The second kappa shape index (κ2) is 2.90. The number of hydrogen-bond acceptors (Lipinski definition) is 2. The summed E-state index contributed by atoms with van der Waals surface area (Å²) in [6.45, 7) is 4.15. The molecule has 4 nitrogen and oxygen atoms in total. The predicted molar refractivity (Wildman–Crippen MR) is 46.2 cm³/mol. The number of hydrogen-bond donors (Lipinski definition) is 2. The highest BCUT2D eigenvalue weighted by molar-refractivity contribution is 5.87. The third-order valence-corrected chi connectivity index (χ3v) is 1.97. The molecule has 0 saturated heterocycles. The third-order valence-electron chi connectivity index (χ3n) is 1.97. The van der Waals surface area contributed by atoms with E-state index in [-0.39, 0.29) is 5.96 Å². The van der Waals surface area contributed by atoms with Gasteiger partial charge >= 0.3 is 0 Å². The molecule has 1 aliphatic rings. The monoisotopic (exact) mass is 154 g/mol. The van der Waals surface area contributed by atoms with Gasteiger partial charge < -0.3 is 11.5 Å². The molecule has 0 aromatic rings. The highest BCUT2D eigenvalue weighted by Crippen LogP contribution is 2.38. The van der Waals surface area contributed by atoms with Gasteiger partial charge in [-0.15, -0.1) is 5.10 Å². The van der Waals surface area contributed by atoms with Gasteiger partial charge in [0.1, 0.15) is 0 Å². The van der Waals surface area contributed by atoms with Crippen molar-refractivity contribution >= 4 is 11.7 Å². The van der Waals surface area contributed by atoms with Gasteiger partial charge in [-0.2, -0.15) is 5.10 Å². The Balaban J connectivity index is 2.47. The van der Waals surface area contributed by atoms with Crippen molar-refractivity contribution in [2.45, 2.75) is 20.3 Å². The van der Waals surface area contributed by atoms with E-state index in [4.69, 9.17) is 11.5 Å². The van der Waals surface area contributed by atoms with Crippen LogP contribution in [0.15, 0.2) is 10.2 Å². The highest BCUT2D eigenvalue weighted by atomic mass is 15.3. The van der Waals surface area contributed by atoms with Crippen LogP contribution < -0.4 is 11.5 Å². The molecular weight excluding hydrogens is 140 g/mol. The standard InChI is InChI=1S/C7H14N4/c1-4-3-6(4)5(2)10-11-7(8)9/h4,6H,3H2,1-2H3,(H4,8,9,11)/b10-5+. The summed E-state index contributed by atoms with van der Waals surface area (Å²) in [6, 6.07) is 0. The molecule has 1 saturated carbocycles. The van der Waals surface area contributed by atoms with E-state index in [0.717, 1.165) is 11.6 Å². The van der Waals surface area contributed by atoms with Crippen LogP contribution in [0, 0.1) is 11.8 Å². The Morgan fingerprint density at radius 2 is 1.91 bits per heavy atom. The van der Waals surface area contributed by atoms with E-state index in [1.165, 1.54) is 6.42 Å². The third kappa shape index (κ3) is 2.22. The minimum atomic E-state index is 0.0256. The summed E-state index contributed by atoms with van der Waals surface area (Å²) in [5, 5.41) is 7.47. The summed E-state index contributed by atoms with van der Waals surface area (Å²) in [5.41, 5.74) is 11.3. The van der Waals surface area contributed by atoms with E-state index in [2.05, 4.69) is 17.1 Å². The van der Waals surface area contributed by atoms with Gasteiger partial charge in [-0.05, 0) is 19.3 Å². The fraction of sp³-hybridized carbons (Fsp3) is 0.714. The number of rotatable bonds is 2. The van der Waals surface area contributed by atoms with Crippen molar-refractivity contribution in [1.29, 1.82) is 0 Å². The zero-order chi connectivity index (χ0) is 8.43. The van der Waals surface area contributed by atoms with E-state index >= 15 is 0 Å². The lowest BCUT2D eigenvalue weighted by Crippen LogP contribution is -2.22. The summed E-state index contributed by atoms with van der Waals surface area (Å²) in [4.78, 5) is 0. The maximum Gasteiger partial charge on any atom is 0.211 e. The second-order valence-electron chi connectivity index (χ2n) is 3.09. The Morgan fingerprint density at radius 1 is 1.36 bits per heavy atom. The van der Waals surface area contributed by atoms with Crippen molar-refractivity contribution in [3.8, 4) is 0 Å². The zero-order valence-corrected chi connectivity index (χ0v) is 6.91. The van der Waals surface area contributed by atoms with Crippen molar-refractivity contribution in [3.05, 3.63) is 0 Å². The number of nitrogens with zero attached hydrogens (tertiary/aromatic N) is 2. The Labute approximate surface area is 66.4 Å². The van der Waals surface area contributed by atoms with E-state index in [1.807, 2.05) is 6.92 Å². The molecule has 1 aliphatic carbocycles. The summed E-state index contributed by atoms with van der Waals surface area (Å²) in [7, 11) is 0. The summed E-state index contributed by atoms with van der Waals surface area (Å²) in [5.74, 6) is 1.39. The Bertz CT molecular complexity index is 202. The van der Waals surface area contributed by atoms with Crippen LogP contribution in [0.25, 0.3) is 0 Å². The van der Waals surface area contributed by atoms with Crippen molar-refractivity contribution in [2.24, 2.45) is 33.5 Å². The minimum absolute atomic E-state index is 0.0256. The summed E-state index contributed by atoms with van der Waals surface area (Å²) >= 11 is 0. The van der Waals surface area contributed by atoms with Gasteiger partial charge in [0.25, 0.3) is 0 Å².